The van der Waals surface area contributed by atoms with Gasteiger partial charge in [-0.15, -0.1) is 11.3 Å². The highest BCUT2D eigenvalue weighted by molar-refractivity contribution is 7.26. The van der Waals surface area contributed by atoms with Crippen LogP contribution >= 0.6 is 11.3 Å². The van der Waals surface area contributed by atoms with Gasteiger partial charge in [0, 0.05) is 37.2 Å². The maximum absolute atomic E-state index is 5.55. The summed E-state index contributed by atoms with van der Waals surface area (Å²) < 4.78 is 6.94. The lowest BCUT2D eigenvalue weighted by Gasteiger charge is -2.15. The molecule has 0 unspecified atom stereocenters. The molecule has 0 saturated carbocycles. The van der Waals surface area contributed by atoms with Gasteiger partial charge in [0.1, 0.15) is 0 Å². The van der Waals surface area contributed by atoms with E-state index in [2.05, 4.69) is 179 Å². The molecule has 7 aromatic carbocycles. The van der Waals surface area contributed by atoms with E-state index in [4.69, 9.17) is 9.97 Å². The number of benzene rings is 7. The lowest BCUT2D eigenvalue weighted by Crippen LogP contribution is -2.04. The molecule has 0 spiro atoms. The Bertz CT molecular complexity index is 3090. The van der Waals surface area contributed by atoms with Crippen LogP contribution in [0.25, 0.3) is 97.9 Å². The molecule has 0 saturated heterocycles. The molecule has 11 aromatic rings. The molecule has 0 radical (unpaired) electrons. The van der Waals surface area contributed by atoms with E-state index in [1.54, 1.807) is 11.3 Å². The monoisotopic (exact) mass is 668 g/mol. The van der Waals surface area contributed by atoms with Gasteiger partial charge in [0.25, 0.3) is 0 Å². The largest absolute Gasteiger partial charge is 0.309 e. The van der Waals surface area contributed by atoms with Crippen molar-refractivity contribution in [2.45, 2.75) is 0 Å². The third kappa shape index (κ3) is 4.13. The second-order valence-corrected chi connectivity index (χ2v) is 14.0. The Morgan fingerprint density at radius 2 is 0.980 bits per heavy atom. The van der Waals surface area contributed by atoms with Crippen LogP contribution in [0.4, 0.5) is 0 Å². The molecule has 4 aromatic heterocycles. The van der Waals surface area contributed by atoms with E-state index in [-0.39, 0.29) is 0 Å². The second kappa shape index (κ2) is 11.0. The minimum absolute atomic E-state index is 0.668. The van der Waals surface area contributed by atoms with Crippen LogP contribution in [-0.2, 0) is 0 Å². The molecule has 4 heterocycles. The smallest absolute Gasteiger partial charge is 0.235 e. The lowest BCUT2D eigenvalue weighted by atomic mass is 9.99. The zero-order valence-electron chi connectivity index (χ0n) is 27.4. The summed E-state index contributed by atoms with van der Waals surface area (Å²) in [7, 11) is 0. The molecule has 11 rings (SSSR count). The van der Waals surface area contributed by atoms with Gasteiger partial charge in [0.15, 0.2) is 0 Å². The Kier molecular flexibility index (Phi) is 6.09. The summed E-state index contributed by atoms with van der Waals surface area (Å²) in [6.07, 6.45) is 0. The highest BCUT2D eigenvalue weighted by Crippen LogP contribution is 2.44. The minimum Gasteiger partial charge on any atom is -0.309 e. The van der Waals surface area contributed by atoms with Gasteiger partial charge in [0.05, 0.1) is 43.7 Å². The van der Waals surface area contributed by atoms with E-state index in [1.807, 2.05) is 0 Å². The maximum Gasteiger partial charge on any atom is 0.235 e. The Morgan fingerprint density at radius 1 is 0.412 bits per heavy atom. The number of nitrogens with zero attached hydrogens (tertiary/aromatic N) is 4. The summed E-state index contributed by atoms with van der Waals surface area (Å²) in [4.78, 5) is 10.9. The fourth-order valence-corrected chi connectivity index (χ4v) is 9.15. The van der Waals surface area contributed by atoms with Gasteiger partial charge in [-0.1, -0.05) is 133 Å². The molecule has 0 N–H and O–H groups in total. The summed E-state index contributed by atoms with van der Waals surface area (Å²) in [6.45, 7) is 0. The van der Waals surface area contributed by atoms with Crippen molar-refractivity contribution < 1.29 is 0 Å². The van der Waals surface area contributed by atoms with Crippen LogP contribution in [0.1, 0.15) is 0 Å². The molecule has 4 nitrogen and oxygen atoms in total. The first-order chi connectivity index (χ1) is 25.3. The van der Waals surface area contributed by atoms with Crippen molar-refractivity contribution in [3.63, 3.8) is 0 Å². The van der Waals surface area contributed by atoms with Crippen LogP contribution in [0.3, 0.4) is 0 Å². The van der Waals surface area contributed by atoms with E-state index in [0.29, 0.717) is 5.95 Å². The van der Waals surface area contributed by atoms with Crippen LogP contribution in [-0.4, -0.2) is 19.1 Å². The molecule has 0 bridgehead atoms. The zero-order chi connectivity index (χ0) is 33.5. The number of fused-ring (bicyclic) bond motifs is 9. The molecule has 5 heteroatoms. The van der Waals surface area contributed by atoms with E-state index in [0.717, 1.165) is 54.6 Å². The van der Waals surface area contributed by atoms with Crippen LogP contribution in [0, 0.1) is 0 Å². The van der Waals surface area contributed by atoms with Gasteiger partial charge >= 0.3 is 0 Å². The third-order valence-corrected chi connectivity index (χ3v) is 11.3. The maximum atomic E-state index is 5.55. The number of hydrogen-bond donors (Lipinski definition) is 0. The van der Waals surface area contributed by atoms with Crippen molar-refractivity contribution in [1.29, 1.82) is 0 Å². The molecular weight excluding hydrogens is 641 g/mol. The Morgan fingerprint density at radius 3 is 1.75 bits per heavy atom. The van der Waals surface area contributed by atoms with Gasteiger partial charge in [-0.05, 0) is 47.5 Å². The predicted octanol–water partition coefficient (Wildman–Crippen LogP) is 12.4. The number of rotatable bonds is 4. The Labute approximate surface area is 297 Å². The van der Waals surface area contributed by atoms with Crippen molar-refractivity contribution in [3.8, 4) is 34.0 Å². The standard InChI is InChI=1S/C46H28N4S/c1-2-15-29(16-3-1)30-22-14-27-40-42(30)33-19-6-11-25-38(33)49(40)39-26-12-7-20-34(39)43-45-44(35-21-8-13-28-41(35)51-45)48-46(47-43)50-36-23-9-4-17-31(36)32-18-5-10-24-37(32)50/h1-28H. The Hall–Kier alpha value is -6.56. The first kappa shape index (κ1) is 28.3. The normalized spacial score (nSPS) is 11.9. The van der Waals surface area contributed by atoms with Crippen LogP contribution in [0.15, 0.2) is 170 Å². The molecule has 0 aliphatic carbocycles. The van der Waals surface area contributed by atoms with Crippen LogP contribution in [0.2, 0.25) is 0 Å². The molecule has 0 fully saturated rings. The fraction of sp³-hybridized carbons (Fsp3) is 0. The molecule has 0 aliphatic rings. The first-order valence-electron chi connectivity index (χ1n) is 17.2. The van der Waals surface area contributed by atoms with Crippen molar-refractivity contribution in [3.05, 3.63) is 170 Å². The van der Waals surface area contributed by atoms with Gasteiger partial charge in [-0.3, -0.25) is 4.57 Å². The minimum atomic E-state index is 0.668. The quantitative estimate of drug-likeness (QED) is 0.187. The summed E-state index contributed by atoms with van der Waals surface area (Å²) in [6, 6.07) is 60.6. The molecule has 0 amide bonds. The molecule has 0 aliphatic heterocycles. The van der Waals surface area contributed by atoms with Gasteiger partial charge in [0.2, 0.25) is 5.95 Å². The lowest BCUT2D eigenvalue weighted by molar-refractivity contribution is 1.02. The first-order valence-corrected chi connectivity index (χ1v) is 18.0. The molecule has 51 heavy (non-hydrogen) atoms. The molecule has 0 atom stereocenters. The van der Waals surface area contributed by atoms with Crippen molar-refractivity contribution in [2.75, 3.05) is 0 Å². The van der Waals surface area contributed by atoms with Gasteiger partial charge in [-0.2, -0.15) is 0 Å². The van der Waals surface area contributed by atoms with E-state index in [9.17, 15) is 0 Å². The van der Waals surface area contributed by atoms with Gasteiger partial charge < -0.3 is 4.57 Å². The fourth-order valence-electron chi connectivity index (χ4n) is 8.01. The number of aromatic nitrogens is 4. The number of para-hydroxylation sites is 4. The highest BCUT2D eigenvalue weighted by Gasteiger charge is 2.23. The topological polar surface area (TPSA) is 35.6 Å². The van der Waals surface area contributed by atoms with E-state index < -0.39 is 0 Å². The van der Waals surface area contributed by atoms with Crippen molar-refractivity contribution in [2.24, 2.45) is 0 Å². The average molecular weight is 669 g/mol. The zero-order valence-corrected chi connectivity index (χ0v) is 28.2. The summed E-state index contributed by atoms with van der Waals surface area (Å²) in [5, 5.41) is 5.99. The summed E-state index contributed by atoms with van der Waals surface area (Å²) in [5.41, 5.74) is 11.0. The van der Waals surface area contributed by atoms with Crippen LogP contribution < -0.4 is 0 Å². The average Bonchev–Trinajstić information content (AvgIpc) is 3.86. The van der Waals surface area contributed by atoms with Crippen molar-refractivity contribution in [1.82, 2.24) is 19.1 Å². The number of thiophene rings is 1. The predicted molar refractivity (Wildman–Crippen MR) is 214 cm³/mol. The SMILES string of the molecule is c1ccc(-c2cccc3c2c2ccccc2n3-c2ccccc2-c2nc(-n3c4ccccc4c4ccccc43)nc3c2sc2ccccc23)cc1. The Balaban J connectivity index is 1.26. The second-order valence-electron chi connectivity index (χ2n) is 13.0. The third-order valence-electron chi connectivity index (χ3n) is 10.2. The summed E-state index contributed by atoms with van der Waals surface area (Å²) in [5.74, 6) is 0.668. The van der Waals surface area contributed by atoms with E-state index >= 15 is 0 Å². The molecule has 238 valence electrons. The van der Waals surface area contributed by atoms with Gasteiger partial charge in [-0.25, -0.2) is 9.97 Å². The highest BCUT2D eigenvalue weighted by atomic mass is 32.1. The molecular formula is C46H28N4S. The van der Waals surface area contributed by atoms with Crippen molar-refractivity contribution >= 4 is 75.3 Å². The van der Waals surface area contributed by atoms with Crippen LogP contribution in [0.5, 0.6) is 0 Å². The van der Waals surface area contributed by atoms with E-state index in [1.165, 1.54) is 37.4 Å². The number of hydrogen-bond acceptors (Lipinski definition) is 3. The summed E-state index contributed by atoms with van der Waals surface area (Å²) >= 11 is 1.77.